The van der Waals surface area contributed by atoms with Gasteiger partial charge in [0.1, 0.15) is 0 Å². The molecule has 0 bridgehead atoms. The zero-order valence-corrected chi connectivity index (χ0v) is 20.3. The molecule has 2 aromatic carbocycles. The molecule has 0 amide bonds. The molecule has 0 aliphatic carbocycles. The molecule has 0 saturated carbocycles. The molecule has 0 N–H and O–H groups in total. The first-order valence-corrected chi connectivity index (χ1v) is 11.4. The summed E-state index contributed by atoms with van der Waals surface area (Å²) < 4.78 is 15.5. The molecule has 0 atom stereocenters. The molecule has 33 heavy (non-hydrogen) atoms. The van der Waals surface area contributed by atoms with Crippen molar-refractivity contribution in [2.75, 3.05) is 26.9 Å². The molecule has 0 radical (unpaired) electrons. The molecule has 0 unspecified atom stereocenters. The van der Waals surface area contributed by atoms with Gasteiger partial charge in [0, 0.05) is 13.2 Å². The summed E-state index contributed by atoms with van der Waals surface area (Å²) >= 11 is 0. The monoisotopic (exact) mass is 452 g/mol. The van der Waals surface area contributed by atoms with E-state index >= 15 is 0 Å². The van der Waals surface area contributed by atoms with Gasteiger partial charge in [-0.15, -0.1) is 0 Å². The Bertz CT molecular complexity index is 928. The van der Waals surface area contributed by atoms with Gasteiger partial charge in [0.05, 0.1) is 25.2 Å². The van der Waals surface area contributed by atoms with Crippen molar-refractivity contribution >= 4 is 11.9 Å². The van der Waals surface area contributed by atoms with Crippen molar-refractivity contribution in [3.63, 3.8) is 0 Å². The van der Waals surface area contributed by atoms with Crippen LogP contribution in [-0.2, 0) is 36.6 Å². The minimum atomic E-state index is -0.623. The fraction of sp³-hybridized carbons (Fsp3) is 0.429. The Hall–Kier alpha value is -2.92. The van der Waals surface area contributed by atoms with E-state index in [4.69, 9.17) is 14.2 Å². The Kier molecular flexibility index (Phi) is 10.3. The number of rotatable bonds is 13. The van der Waals surface area contributed by atoms with E-state index in [2.05, 4.69) is 56.0 Å². The Morgan fingerprint density at radius 3 is 2.21 bits per heavy atom. The lowest BCUT2D eigenvalue weighted by molar-refractivity contribution is -0.156. The van der Waals surface area contributed by atoms with Gasteiger partial charge < -0.3 is 14.2 Å². The molecule has 0 fully saturated rings. The molecule has 0 aliphatic heterocycles. The quantitative estimate of drug-likeness (QED) is 0.229. The first kappa shape index (κ1) is 26.3. The van der Waals surface area contributed by atoms with Crippen LogP contribution in [0.4, 0.5) is 0 Å². The van der Waals surface area contributed by atoms with Crippen LogP contribution in [0.3, 0.4) is 0 Å². The fourth-order valence-electron chi connectivity index (χ4n) is 3.57. The zero-order chi connectivity index (χ0) is 24.3. The van der Waals surface area contributed by atoms with Crippen molar-refractivity contribution in [2.24, 2.45) is 5.41 Å². The highest BCUT2D eigenvalue weighted by atomic mass is 16.5. The number of carbonyl (C=O) groups is 2. The van der Waals surface area contributed by atoms with Crippen molar-refractivity contribution < 1.29 is 23.8 Å². The average Bonchev–Trinajstić information content (AvgIpc) is 2.80. The predicted molar refractivity (Wildman–Crippen MR) is 131 cm³/mol. The Labute approximate surface area is 197 Å². The number of carbonyl (C=O) groups excluding carboxylic acids is 2. The normalized spacial score (nSPS) is 11.2. The number of aryl methyl sites for hydroxylation is 3. The predicted octanol–water partition coefficient (Wildman–Crippen LogP) is 5.47. The van der Waals surface area contributed by atoms with Gasteiger partial charge in [-0.2, -0.15) is 0 Å². The number of hydrogen-bond acceptors (Lipinski definition) is 5. The lowest BCUT2D eigenvalue weighted by atomic mass is 9.95. The summed E-state index contributed by atoms with van der Waals surface area (Å²) in [4.78, 5) is 23.2. The molecule has 5 nitrogen and oxygen atoms in total. The van der Waals surface area contributed by atoms with E-state index in [1.165, 1.54) is 33.9 Å². The summed E-state index contributed by atoms with van der Waals surface area (Å²) in [5, 5.41) is 0. The lowest BCUT2D eigenvalue weighted by Crippen LogP contribution is -2.31. The van der Waals surface area contributed by atoms with Gasteiger partial charge in [-0.05, 0) is 74.3 Å². The molecule has 5 heteroatoms. The Morgan fingerprint density at radius 1 is 0.939 bits per heavy atom. The third-order valence-electron chi connectivity index (χ3n) is 5.53. The second kappa shape index (κ2) is 12.9. The number of ether oxygens (including phenoxy) is 3. The zero-order valence-electron chi connectivity index (χ0n) is 20.3. The van der Waals surface area contributed by atoms with Crippen molar-refractivity contribution in [3.8, 4) is 11.1 Å². The van der Waals surface area contributed by atoms with Gasteiger partial charge in [0.15, 0.2) is 0 Å². The summed E-state index contributed by atoms with van der Waals surface area (Å²) in [7, 11) is 1.58. The second-order valence-electron chi connectivity index (χ2n) is 8.87. The van der Waals surface area contributed by atoms with Crippen LogP contribution >= 0.6 is 0 Å². The number of hydrogen-bond donors (Lipinski definition) is 0. The SMILES string of the molecule is C=CC(=O)OCCCc1ccc(-c2ccc(CCCOC(=O)C(C)(C)COC)cc2)cc1C. The van der Waals surface area contributed by atoms with Gasteiger partial charge in [0.25, 0.3) is 0 Å². The van der Waals surface area contributed by atoms with Crippen LogP contribution in [0, 0.1) is 12.3 Å². The van der Waals surface area contributed by atoms with E-state index in [1.54, 1.807) is 7.11 Å². The highest BCUT2D eigenvalue weighted by molar-refractivity contribution is 5.81. The van der Waals surface area contributed by atoms with E-state index in [0.29, 0.717) is 19.8 Å². The van der Waals surface area contributed by atoms with Crippen molar-refractivity contribution in [3.05, 3.63) is 71.8 Å². The fourth-order valence-corrected chi connectivity index (χ4v) is 3.57. The summed E-state index contributed by atoms with van der Waals surface area (Å²) in [6.07, 6.45) is 4.47. The standard InChI is InChI=1S/C28H36O5/c1-6-26(29)32-17-8-10-23-15-16-25(19-21(23)2)24-13-11-22(12-14-24)9-7-18-33-27(30)28(3,4)20-31-5/h6,11-16,19H,1,7-10,17-18,20H2,2-5H3. The van der Waals surface area contributed by atoms with Crippen LogP contribution in [0.25, 0.3) is 11.1 Å². The Morgan fingerprint density at radius 2 is 1.58 bits per heavy atom. The molecular formula is C28H36O5. The van der Waals surface area contributed by atoms with Gasteiger partial charge in [-0.3, -0.25) is 4.79 Å². The Balaban J connectivity index is 1.83. The molecular weight excluding hydrogens is 416 g/mol. The van der Waals surface area contributed by atoms with Gasteiger partial charge in [-0.25, -0.2) is 4.79 Å². The van der Waals surface area contributed by atoms with E-state index in [0.717, 1.165) is 25.7 Å². The molecule has 0 heterocycles. The maximum Gasteiger partial charge on any atom is 0.330 e. The van der Waals surface area contributed by atoms with Gasteiger partial charge >= 0.3 is 11.9 Å². The van der Waals surface area contributed by atoms with Crippen LogP contribution in [0.1, 0.15) is 43.4 Å². The summed E-state index contributed by atoms with van der Waals surface area (Å²) in [5.74, 6) is -0.603. The summed E-state index contributed by atoms with van der Waals surface area (Å²) in [5.41, 5.74) is 5.42. The summed E-state index contributed by atoms with van der Waals surface area (Å²) in [6, 6.07) is 15.0. The van der Waals surface area contributed by atoms with Gasteiger partial charge in [-0.1, -0.05) is 49.0 Å². The molecule has 2 rings (SSSR count). The first-order valence-electron chi connectivity index (χ1n) is 11.4. The number of benzene rings is 2. The lowest BCUT2D eigenvalue weighted by Gasteiger charge is -2.21. The summed E-state index contributed by atoms with van der Waals surface area (Å²) in [6.45, 7) is 10.3. The minimum Gasteiger partial charge on any atom is -0.465 e. The van der Waals surface area contributed by atoms with Crippen molar-refractivity contribution in [1.82, 2.24) is 0 Å². The van der Waals surface area contributed by atoms with Crippen molar-refractivity contribution in [2.45, 2.75) is 46.5 Å². The van der Waals surface area contributed by atoms with Crippen LogP contribution < -0.4 is 0 Å². The molecule has 0 spiro atoms. The maximum atomic E-state index is 12.1. The van der Waals surface area contributed by atoms with Crippen LogP contribution in [0.2, 0.25) is 0 Å². The van der Waals surface area contributed by atoms with E-state index in [1.807, 2.05) is 13.8 Å². The molecule has 2 aromatic rings. The van der Waals surface area contributed by atoms with E-state index in [9.17, 15) is 9.59 Å². The number of methoxy groups -OCH3 is 1. The minimum absolute atomic E-state index is 0.226. The topological polar surface area (TPSA) is 61.8 Å². The van der Waals surface area contributed by atoms with Crippen LogP contribution in [0.15, 0.2) is 55.1 Å². The largest absolute Gasteiger partial charge is 0.465 e. The van der Waals surface area contributed by atoms with E-state index < -0.39 is 5.41 Å². The average molecular weight is 453 g/mol. The molecule has 0 saturated heterocycles. The molecule has 0 aliphatic rings. The first-order chi connectivity index (χ1) is 15.8. The van der Waals surface area contributed by atoms with Gasteiger partial charge in [0.2, 0.25) is 0 Å². The highest BCUT2D eigenvalue weighted by Crippen LogP contribution is 2.24. The van der Waals surface area contributed by atoms with Crippen LogP contribution in [-0.4, -0.2) is 38.9 Å². The third-order valence-corrected chi connectivity index (χ3v) is 5.53. The molecule has 178 valence electrons. The molecule has 0 aromatic heterocycles. The third kappa shape index (κ3) is 8.50. The van der Waals surface area contributed by atoms with E-state index in [-0.39, 0.29) is 11.9 Å². The second-order valence-corrected chi connectivity index (χ2v) is 8.87. The van der Waals surface area contributed by atoms with Crippen LogP contribution in [0.5, 0.6) is 0 Å². The number of esters is 2. The highest BCUT2D eigenvalue weighted by Gasteiger charge is 2.29. The maximum absolute atomic E-state index is 12.1. The smallest absolute Gasteiger partial charge is 0.330 e. The van der Waals surface area contributed by atoms with Crippen molar-refractivity contribution in [1.29, 1.82) is 0 Å².